The van der Waals surface area contributed by atoms with Crippen molar-refractivity contribution in [1.82, 2.24) is 10.3 Å². The Labute approximate surface area is 175 Å². The van der Waals surface area contributed by atoms with E-state index in [1.165, 1.54) is 24.7 Å². The van der Waals surface area contributed by atoms with Gasteiger partial charge in [-0.3, -0.25) is 9.98 Å². The molecule has 0 radical (unpaired) electrons. The largest absolute Gasteiger partial charge is 0.494 e. The first-order chi connectivity index (χ1) is 14.1. The number of ether oxygens (including phenoxy) is 1. The molecule has 1 heterocycles. The van der Waals surface area contributed by atoms with E-state index in [2.05, 4.69) is 27.2 Å². The Bertz CT molecular complexity index is 825. The zero-order valence-electron chi connectivity index (χ0n) is 16.1. The predicted molar refractivity (Wildman–Crippen MR) is 116 cm³/mol. The lowest BCUT2D eigenvalue weighted by molar-refractivity contribution is 0.0696. The number of carbonyl (C=O) groups is 1. The third kappa shape index (κ3) is 8.66. The van der Waals surface area contributed by atoms with Crippen LogP contribution in [-0.4, -0.2) is 35.2 Å². The van der Waals surface area contributed by atoms with Crippen LogP contribution in [0.15, 0.2) is 60.5 Å². The van der Waals surface area contributed by atoms with Crippen LogP contribution in [0, 0.1) is 0 Å². The zero-order valence-corrected chi connectivity index (χ0v) is 16.9. The average molecular weight is 417 g/mol. The third-order valence-electron chi connectivity index (χ3n) is 3.89. The minimum absolute atomic E-state index is 0.105. The molecular weight excluding hydrogens is 392 g/mol. The summed E-state index contributed by atoms with van der Waals surface area (Å²) >= 11 is 5.84. The maximum absolute atomic E-state index is 11.0. The summed E-state index contributed by atoms with van der Waals surface area (Å²) in [4.78, 5) is 19.4. The fourth-order valence-corrected chi connectivity index (χ4v) is 2.59. The lowest BCUT2D eigenvalue weighted by Gasteiger charge is -2.10. The Kier molecular flexibility index (Phi) is 9.51. The number of aromatic carboxylic acids is 1. The summed E-state index contributed by atoms with van der Waals surface area (Å²) in [5, 5.41) is 15.7. The number of nitrogens with zero attached hydrogens (tertiary/aromatic N) is 2. The number of halogens is 1. The smallest absolute Gasteiger partial charge is 0.337 e. The van der Waals surface area contributed by atoms with Gasteiger partial charge < -0.3 is 20.5 Å². The lowest BCUT2D eigenvalue weighted by atomic mass is 10.2. The van der Waals surface area contributed by atoms with Gasteiger partial charge in [-0.15, -0.1) is 0 Å². The molecule has 154 valence electrons. The van der Waals surface area contributed by atoms with Crippen molar-refractivity contribution in [2.45, 2.75) is 25.7 Å². The van der Waals surface area contributed by atoms with E-state index in [1.54, 1.807) is 0 Å². The fourth-order valence-electron chi connectivity index (χ4n) is 2.46. The number of aromatic nitrogens is 1. The van der Waals surface area contributed by atoms with Crippen molar-refractivity contribution in [3.63, 3.8) is 0 Å². The standard InChI is InChI=1S/C21H25ClN4O3/c1-2-24-21(26-18-13-16(20(27)28)14-23-15-18)25-11-5-3-4-6-12-29-19-9-7-17(22)8-10-19/h2,7-10,13-15H,1,3-6,11-12H2,(H,27,28)(H2,24,25,26). The van der Waals surface area contributed by atoms with Gasteiger partial charge in [0.15, 0.2) is 5.96 Å². The summed E-state index contributed by atoms with van der Waals surface area (Å²) in [5.74, 6) is 0.290. The molecule has 1 aromatic carbocycles. The van der Waals surface area contributed by atoms with Crippen molar-refractivity contribution in [2.24, 2.45) is 4.99 Å². The molecule has 0 saturated carbocycles. The van der Waals surface area contributed by atoms with E-state index in [9.17, 15) is 4.79 Å². The number of nitrogens with one attached hydrogen (secondary N) is 2. The number of pyridine rings is 1. The highest BCUT2D eigenvalue weighted by atomic mass is 35.5. The molecule has 0 unspecified atom stereocenters. The van der Waals surface area contributed by atoms with Gasteiger partial charge in [0, 0.05) is 17.8 Å². The summed E-state index contributed by atoms with van der Waals surface area (Å²) in [6.07, 6.45) is 8.31. The van der Waals surface area contributed by atoms with E-state index in [1.807, 2.05) is 24.3 Å². The highest BCUT2D eigenvalue weighted by Crippen LogP contribution is 2.16. The zero-order chi connectivity index (χ0) is 20.9. The maximum Gasteiger partial charge on any atom is 0.337 e. The van der Waals surface area contributed by atoms with E-state index < -0.39 is 5.97 Å². The van der Waals surface area contributed by atoms with Crippen molar-refractivity contribution in [1.29, 1.82) is 0 Å². The van der Waals surface area contributed by atoms with E-state index in [0.29, 0.717) is 29.8 Å². The molecule has 0 aliphatic carbocycles. The Morgan fingerprint density at radius 2 is 1.97 bits per heavy atom. The number of guanidine groups is 1. The second-order valence-corrected chi connectivity index (χ2v) is 6.62. The second-order valence-electron chi connectivity index (χ2n) is 6.19. The molecular formula is C21H25ClN4O3. The quantitative estimate of drug-likeness (QED) is 0.282. The first kappa shape index (κ1) is 22.2. The highest BCUT2D eigenvalue weighted by molar-refractivity contribution is 6.30. The van der Waals surface area contributed by atoms with Crippen LogP contribution < -0.4 is 15.4 Å². The van der Waals surface area contributed by atoms with Gasteiger partial charge in [0.2, 0.25) is 0 Å². The van der Waals surface area contributed by atoms with Crippen molar-refractivity contribution < 1.29 is 14.6 Å². The summed E-state index contributed by atoms with van der Waals surface area (Å²) in [7, 11) is 0. The normalized spacial score (nSPS) is 11.0. The van der Waals surface area contributed by atoms with Gasteiger partial charge in [-0.05, 0) is 55.8 Å². The molecule has 8 heteroatoms. The molecule has 0 spiro atoms. The first-order valence-corrected chi connectivity index (χ1v) is 9.72. The molecule has 7 nitrogen and oxygen atoms in total. The maximum atomic E-state index is 11.0. The summed E-state index contributed by atoms with van der Waals surface area (Å²) < 4.78 is 5.67. The van der Waals surface area contributed by atoms with Gasteiger partial charge in [-0.2, -0.15) is 0 Å². The van der Waals surface area contributed by atoms with Gasteiger partial charge in [0.25, 0.3) is 0 Å². The number of anilines is 1. The molecule has 2 aromatic rings. The molecule has 0 atom stereocenters. The second kappa shape index (κ2) is 12.4. The number of aliphatic imine (C=N–C) groups is 1. The number of carboxylic acids is 1. The van der Waals surface area contributed by atoms with Crippen LogP contribution >= 0.6 is 11.6 Å². The Balaban J connectivity index is 1.68. The lowest BCUT2D eigenvalue weighted by Crippen LogP contribution is -2.26. The van der Waals surface area contributed by atoms with Gasteiger partial charge >= 0.3 is 5.97 Å². The monoisotopic (exact) mass is 416 g/mol. The molecule has 0 aliphatic heterocycles. The Hall–Kier alpha value is -3.06. The van der Waals surface area contributed by atoms with Crippen LogP contribution in [0.25, 0.3) is 0 Å². The molecule has 0 fully saturated rings. The van der Waals surface area contributed by atoms with Crippen LogP contribution in [0.5, 0.6) is 5.75 Å². The van der Waals surface area contributed by atoms with Gasteiger partial charge in [0.1, 0.15) is 5.75 Å². The SMILES string of the molecule is C=CNC(=NCCCCCCOc1ccc(Cl)cc1)Nc1cncc(C(=O)O)c1. The minimum atomic E-state index is -1.03. The molecule has 0 aliphatic rings. The number of rotatable bonds is 11. The van der Waals surface area contributed by atoms with E-state index in [4.69, 9.17) is 21.4 Å². The Morgan fingerprint density at radius 1 is 1.21 bits per heavy atom. The predicted octanol–water partition coefficient (Wildman–Crippen LogP) is 4.57. The molecule has 0 amide bonds. The van der Waals surface area contributed by atoms with Crippen molar-refractivity contribution in [3.8, 4) is 5.75 Å². The molecule has 0 bridgehead atoms. The molecule has 3 N–H and O–H groups in total. The minimum Gasteiger partial charge on any atom is -0.494 e. The number of hydrogen-bond donors (Lipinski definition) is 3. The van der Waals surface area contributed by atoms with Crippen LogP contribution in [0.1, 0.15) is 36.0 Å². The first-order valence-electron chi connectivity index (χ1n) is 9.34. The van der Waals surface area contributed by atoms with E-state index in [0.717, 1.165) is 31.4 Å². The van der Waals surface area contributed by atoms with Crippen LogP contribution in [0.2, 0.25) is 5.02 Å². The molecule has 29 heavy (non-hydrogen) atoms. The fraction of sp³-hybridized carbons (Fsp3) is 0.286. The van der Waals surface area contributed by atoms with E-state index in [-0.39, 0.29) is 5.56 Å². The van der Waals surface area contributed by atoms with E-state index >= 15 is 0 Å². The van der Waals surface area contributed by atoms with Crippen LogP contribution in [0.3, 0.4) is 0 Å². The number of hydrogen-bond acceptors (Lipinski definition) is 4. The third-order valence-corrected chi connectivity index (χ3v) is 4.14. The number of benzene rings is 1. The van der Waals surface area contributed by atoms with Crippen LogP contribution in [0.4, 0.5) is 5.69 Å². The van der Waals surface area contributed by atoms with Gasteiger partial charge in [-0.25, -0.2) is 4.79 Å². The van der Waals surface area contributed by atoms with Crippen molar-refractivity contribution >= 4 is 29.2 Å². The Morgan fingerprint density at radius 3 is 2.69 bits per heavy atom. The molecule has 2 rings (SSSR count). The topological polar surface area (TPSA) is 95.8 Å². The highest BCUT2D eigenvalue weighted by Gasteiger charge is 2.05. The van der Waals surface area contributed by atoms with Gasteiger partial charge in [0.05, 0.1) is 24.1 Å². The average Bonchev–Trinajstić information content (AvgIpc) is 2.71. The number of unbranched alkanes of at least 4 members (excludes halogenated alkanes) is 3. The summed E-state index contributed by atoms with van der Waals surface area (Å²) in [5.41, 5.74) is 0.645. The molecule has 1 aromatic heterocycles. The molecule has 0 saturated heterocycles. The van der Waals surface area contributed by atoms with Crippen LogP contribution in [-0.2, 0) is 0 Å². The van der Waals surface area contributed by atoms with Crippen molar-refractivity contribution in [2.75, 3.05) is 18.5 Å². The summed E-state index contributed by atoms with van der Waals surface area (Å²) in [6.45, 7) is 4.93. The van der Waals surface area contributed by atoms with Crippen molar-refractivity contribution in [3.05, 3.63) is 66.1 Å². The number of carboxylic acid groups (broad SMARTS) is 1. The van der Waals surface area contributed by atoms with Gasteiger partial charge in [-0.1, -0.05) is 24.6 Å². The summed E-state index contributed by atoms with van der Waals surface area (Å²) in [6, 6.07) is 8.84.